The average molecular weight is 1010 g/mol. The molecule has 6 fully saturated rings. The molecule has 6 bridgehead atoms. The third-order valence-corrected chi connectivity index (χ3v) is 29.9. The summed E-state index contributed by atoms with van der Waals surface area (Å²) in [4.78, 5) is 58.0. The van der Waals surface area contributed by atoms with Gasteiger partial charge in [-0.2, -0.15) is 0 Å². The summed E-state index contributed by atoms with van der Waals surface area (Å²) in [6, 6.07) is 0. The summed E-state index contributed by atoms with van der Waals surface area (Å²) in [6.07, 6.45) is 0. The van der Waals surface area contributed by atoms with Crippen molar-refractivity contribution in [2.24, 2.45) is 46.7 Å². The number of hydrogen-bond donors (Lipinski definition) is 8. The maximum absolute atomic E-state index is 6.14. The number of nitrogens with zero attached hydrogens (tertiary/aromatic N) is 9. The fraction of sp³-hybridized carbons (Fsp3) is 1.00. The van der Waals surface area contributed by atoms with Gasteiger partial charge in [-0.3, -0.25) is 0 Å². The first-order valence-corrected chi connectivity index (χ1v) is 28.7. The minimum absolute atomic E-state index is 0.179. The molecule has 6 saturated heterocycles. The van der Waals surface area contributed by atoms with Gasteiger partial charge in [-0.1, -0.05) is 0 Å². The molecule has 0 radical (unpaired) electrons. The Balaban J connectivity index is 1.56. The first-order chi connectivity index (χ1) is 17.0. The first-order valence-electron chi connectivity index (χ1n) is 8.48. The summed E-state index contributed by atoms with van der Waals surface area (Å²) in [5.41, 5.74) is 0. The van der Waals surface area contributed by atoms with E-state index in [1.54, 1.807) is 0 Å². The van der Waals surface area contributed by atoms with E-state index in [0.29, 0.717) is 2.43 Å². The van der Waals surface area contributed by atoms with Crippen LogP contribution in [0.15, 0.2) is 0 Å². The van der Waals surface area contributed by atoms with E-state index in [2.05, 4.69) is 0 Å². The number of nitrogens with two attached hydrogens (primary N) is 8. The van der Waals surface area contributed by atoms with E-state index in [4.69, 9.17) is 110 Å². The molecule has 31 nitrogen and oxygen atoms in total. The first kappa shape index (κ1) is 28.8. The molecule has 37 heavy (non-hydrogen) atoms. The van der Waals surface area contributed by atoms with Crippen molar-refractivity contribution in [3.8, 4) is 0 Å². The second-order valence-corrected chi connectivity index (χ2v) is 39.4. The zero-order valence-corrected chi connectivity index (χ0v) is 26.2. The fourth-order valence-corrected chi connectivity index (χ4v) is 29.4. The van der Waals surface area contributed by atoms with Crippen molar-refractivity contribution in [3.05, 3.63) is 0 Å². The van der Waals surface area contributed by atoms with Gasteiger partial charge in [0.2, 0.25) is 0 Å². The van der Waals surface area contributed by atoms with E-state index < -0.39 is 102 Å². The number of fused-ring (bicyclic) bond motifs is 5. The molecule has 6 heterocycles. The van der Waals surface area contributed by atoms with Crippen LogP contribution in [-0.4, -0.2) is 51.9 Å². The Morgan fingerprint density at radius 3 is 1.73 bits per heavy atom. The second kappa shape index (κ2) is 9.09. The maximum atomic E-state index is 6.14. The summed E-state index contributed by atoms with van der Waals surface area (Å²) < 4.78 is 18.7. The van der Waals surface area contributed by atoms with Gasteiger partial charge >= 0.3 is 229 Å². The zero-order valence-electron chi connectivity index (χ0n) is 17.6. The van der Waals surface area contributed by atoms with Crippen LogP contribution in [-0.2, 0) is 63.7 Å². The van der Waals surface area contributed by atoms with E-state index in [0.717, 1.165) is 7.11 Å². The molecule has 0 spiro atoms. The SMILES string of the molecule is CO[N+]1(N)O[N+]2(N)OI3CI3O[N+]3(N)O[N+](N)(O1)O[N+]1(N)OI4[I-]N4ON(N)O[N+](N)(O2)O[N+](N)(O1)O3. The molecule has 6 aliphatic rings. The van der Waals surface area contributed by atoms with Crippen molar-refractivity contribution in [3.63, 3.8) is 0 Å². The summed E-state index contributed by atoms with van der Waals surface area (Å²) >= 11 is -9.02. The molecule has 0 aliphatic carbocycles. The van der Waals surface area contributed by atoms with E-state index in [-0.39, 0.29) is 5.34 Å². The number of halogens is 4. The van der Waals surface area contributed by atoms with E-state index in [1.807, 2.05) is 0 Å². The molecular weight excluding hydrogens is 994 g/mol. The Morgan fingerprint density at radius 2 is 1.14 bits per heavy atom. The number of hydrogen-bond acceptors (Lipinski definition) is 24. The standard InChI is InChI=1S/C2H21I4N17O14/c1-24-17(8)30-18(9)25-4-2-5(4)26-19(10)33-22(13,31-17)35-20(11)27-6-3-15(6)28-16(7)29-21(12,32-18)37-23(14,34-19)36-20/h2,7-14H2,1H3/q+6. The van der Waals surface area contributed by atoms with Gasteiger partial charge in [-0.05, 0) is 0 Å². The summed E-state index contributed by atoms with van der Waals surface area (Å²) in [6.45, 7) is 0. The van der Waals surface area contributed by atoms with Gasteiger partial charge in [0, 0.05) is 0 Å². The van der Waals surface area contributed by atoms with Crippen LogP contribution in [0.4, 0.5) is 0 Å². The fourth-order valence-electron chi connectivity index (χ4n) is 2.33. The topological polar surface area (TPSA) is 344 Å². The molecule has 0 aromatic rings. The minimum atomic E-state index is -2.76. The van der Waals surface area contributed by atoms with Crippen molar-refractivity contribution in [2.45, 2.75) is 0 Å². The second-order valence-electron chi connectivity index (χ2n) is 6.37. The molecule has 8 atom stereocenters. The molecule has 0 aromatic heterocycles. The number of quaternary nitrogens is 7. The van der Waals surface area contributed by atoms with Crippen LogP contribution < -0.4 is 64.2 Å². The van der Waals surface area contributed by atoms with Crippen LogP contribution in [0.5, 0.6) is 0 Å². The third-order valence-electron chi connectivity index (χ3n) is 3.39. The Hall–Kier alpha value is 1.68. The molecule has 35 heteroatoms. The van der Waals surface area contributed by atoms with Gasteiger partial charge < -0.3 is 0 Å². The van der Waals surface area contributed by atoms with Crippen molar-refractivity contribution in [2.75, 3.05) is 9.54 Å². The Morgan fingerprint density at radius 1 is 0.676 bits per heavy atom. The van der Waals surface area contributed by atoms with Gasteiger partial charge in [-0.15, -0.1) is 0 Å². The molecule has 0 aromatic carbocycles. The number of alkyl halides is 2. The monoisotopic (exact) mass is 1010 g/mol. The van der Waals surface area contributed by atoms with Crippen LogP contribution >= 0.6 is 49.1 Å². The molecule has 6 aliphatic heterocycles. The van der Waals surface area contributed by atoms with Gasteiger partial charge in [0.15, 0.2) is 0 Å². The molecule has 8 unspecified atom stereocenters. The molecule has 0 amide bonds. The van der Waals surface area contributed by atoms with Crippen LogP contribution in [0.25, 0.3) is 0 Å². The van der Waals surface area contributed by atoms with Crippen LogP contribution in [0, 0.1) is 0 Å². The number of hydrazine groups is 1. The Bertz CT molecular complexity index is 951. The van der Waals surface area contributed by atoms with Gasteiger partial charge in [-0.25, -0.2) is 0 Å². The summed E-state index contributed by atoms with van der Waals surface area (Å²) in [7, 11) is 0.957. The number of rotatable bonds is 1. The summed E-state index contributed by atoms with van der Waals surface area (Å²) in [5, 5.41) is -14.8. The molecule has 0 saturated carbocycles. The molecule has 220 valence electrons. The van der Waals surface area contributed by atoms with Crippen molar-refractivity contribution in [1.82, 2.24) is 6.83 Å². The Labute approximate surface area is 227 Å². The third kappa shape index (κ3) is 6.10. The predicted molar refractivity (Wildman–Crippen MR) is 107 cm³/mol. The molecule has 6 rings (SSSR count). The van der Waals surface area contributed by atoms with E-state index >= 15 is 0 Å². The van der Waals surface area contributed by atoms with Crippen LogP contribution in [0.1, 0.15) is 0 Å². The quantitative estimate of drug-likeness (QED) is 0.0302. The average Bonchev–Trinajstić information content (AvgIpc) is 3.54. The van der Waals surface area contributed by atoms with Crippen molar-refractivity contribution in [1.29, 1.82) is 0 Å². The van der Waals surface area contributed by atoms with Gasteiger partial charge in [0.05, 0.1) is 0 Å². The van der Waals surface area contributed by atoms with Crippen LogP contribution in [0.2, 0.25) is 0 Å². The van der Waals surface area contributed by atoms with Crippen molar-refractivity contribution < 1.29 is 117 Å². The predicted octanol–water partition coefficient (Wildman–Crippen LogP) is -8.83. The molecule has 16 N–H and O–H groups in total. The summed E-state index contributed by atoms with van der Waals surface area (Å²) in [5.74, 6) is 48.3. The van der Waals surface area contributed by atoms with Gasteiger partial charge in [0.1, 0.15) is 0 Å². The zero-order chi connectivity index (χ0) is 26.7. The van der Waals surface area contributed by atoms with Crippen LogP contribution in [0.3, 0.4) is 0 Å². The Kier molecular flexibility index (Phi) is 7.07. The molecular formula is C2H21I4N17O14+6. The van der Waals surface area contributed by atoms with Gasteiger partial charge in [0.25, 0.3) is 0 Å². The van der Waals surface area contributed by atoms with E-state index in [1.165, 1.54) is 1.49 Å². The normalized spacial score (nSPS) is 57.5. The van der Waals surface area contributed by atoms with E-state index in [9.17, 15) is 0 Å². The van der Waals surface area contributed by atoms with Crippen molar-refractivity contribution >= 4 is 49.1 Å².